The molecule has 1 fully saturated rings. The Hall–Kier alpha value is -1.29. The Morgan fingerprint density at radius 1 is 1.56 bits per heavy atom. The first-order valence-corrected chi connectivity index (χ1v) is 5.75. The predicted octanol–water partition coefficient (Wildman–Crippen LogP) is 1.85. The zero-order valence-corrected chi connectivity index (χ0v) is 9.78. The molecule has 0 saturated carbocycles. The van der Waals surface area contributed by atoms with Gasteiger partial charge in [-0.3, -0.25) is 0 Å². The molecule has 0 unspecified atom stereocenters. The number of imidazole rings is 1. The number of allylic oxidation sites excluding steroid dienone is 1. The van der Waals surface area contributed by atoms with Gasteiger partial charge in [-0.15, -0.1) is 6.58 Å². The predicted molar refractivity (Wildman–Crippen MR) is 64.4 cm³/mol. The van der Waals surface area contributed by atoms with E-state index in [1.165, 1.54) is 0 Å². The monoisotopic (exact) mass is 221 g/mol. The maximum absolute atomic E-state index is 6.13. The summed E-state index contributed by atoms with van der Waals surface area (Å²) in [4.78, 5) is 4.59. The molecule has 1 saturated heterocycles. The highest BCUT2D eigenvalue weighted by Gasteiger charge is 2.22. The molecule has 4 heteroatoms. The highest BCUT2D eigenvalue weighted by Crippen LogP contribution is 2.30. The zero-order valence-electron chi connectivity index (χ0n) is 9.78. The Morgan fingerprint density at radius 3 is 2.88 bits per heavy atom. The summed E-state index contributed by atoms with van der Waals surface area (Å²) in [5, 5.41) is 0. The van der Waals surface area contributed by atoms with Gasteiger partial charge in [-0.1, -0.05) is 6.08 Å². The van der Waals surface area contributed by atoms with E-state index < -0.39 is 0 Å². The van der Waals surface area contributed by atoms with Crippen molar-refractivity contribution < 1.29 is 4.74 Å². The van der Waals surface area contributed by atoms with Crippen LogP contribution in [0, 0.1) is 6.92 Å². The van der Waals surface area contributed by atoms with Crippen molar-refractivity contribution in [1.29, 1.82) is 0 Å². The largest absolute Gasteiger partial charge is 0.384 e. The van der Waals surface area contributed by atoms with Crippen LogP contribution in [0.15, 0.2) is 12.7 Å². The molecule has 1 aromatic rings. The Labute approximate surface area is 96.1 Å². The first-order chi connectivity index (χ1) is 7.74. The SMILES string of the molecule is C=CCn1c(C)nc(C2CCOCC2)c1N. The molecular formula is C12H19N3O. The Kier molecular flexibility index (Phi) is 3.29. The van der Waals surface area contributed by atoms with Gasteiger partial charge in [0.05, 0.1) is 5.69 Å². The first kappa shape index (κ1) is 11.2. The quantitative estimate of drug-likeness (QED) is 0.792. The molecule has 0 bridgehead atoms. The molecule has 1 aliphatic rings. The number of nitrogens with two attached hydrogens (primary N) is 1. The zero-order chi connectivity index (χ0) is 11.5. The second-order valence-corrected chi connectivity index (χ2v) is 4.22. The van der Waals surface area contributed by atoms with Crippen molar-refractivity contribution in [3.05, 3.63) is 24.2 Å². The number of nitrogen functional groups attached to an aromatic ring is 1. The Morgan fingerprint density at radius 2 is 2.25 bits per heavy atom. The van der Waals surface area contributed by atoms with Gasteiger partial charge in [0.15, 0.2) is 0 Å². The van der Waals surface area contributed by atoms with Crippen LogP contribution in [0.1, 0.15) is 30.3 Å². The van der Waals surface area contributed by atoms with Gasteiger partial charge >= 0.3 is 0 Å². The first-order valence-electron chi connectivity index (χ1n) is 5.75. The number of ether oxygens (including phenoxy) is 1. The van der Waals surface area contributed by atoms with Gasteiger partial charge in [0.1, 0.15) is 11.6 Å². The summed E-state index contributed by atoms with van der Waals surface area (Å²) >= 11 is 0. The summed E-state index contributed by atoms with van der Waals surface area (Å²) in [6.45, 7) is 8.09. The molecule has 0 amide bonds. The van der Waals surface area contributed by atoms with Crippen LogP contribution in [0.2, 0.25) is 0 Å². The third-order valence-electron chi connectivity index (χ3n) is 3.15. The van der Waals surface area contributed by atoms with Crippen LogP contribution in [0.4, 0.5) is 5.82 Å². The topological polar surface area (TPSA) is 53.1 Å². The maximum atomic E-state index is 6.13. The minimum Gasteiger partial charge on any atom is -0.384 e. The summed E-state index contributed by atoms with van der Waals surface area (Å²) in [6.07, 6.45) is 3.89. The van der Waals surface area contributed by atoms with Crippen LogP contribution in [0.5, 0.6) is 0 Å². The standard InChI is InChI=1S/C12H19N3O/c1-3-6-15-9(2)14-11(12(15)13)10-4-7-16-8-5-10/h3,10H,1,4-8,13H2,2H3. The highest BCUT2D eigenvalue weighted by atomic mass is 16.5. The van der Waals surface area contributed by atoms with Gasteiger partial charge in [-0.2, -0.15) is 0 Å². The van der Waals surface area contributed by atoms with Crippen LogP contribution in [0.25, 0.3) is 0 Å². The van der Waals surface area contributed by atoms with Crippen molar-refractivity contribution in [1.82, 2.24) is 9.55 Å². The van der Waals surface area contributed by atoms with Crippen molar-refractivity contribution in [2.24, 2.45) is 0 Å². The lowest BCUT2D eigenvalue weighted by atomic mass is 9.96. The minimum absolute atomic E-state index is 0.457. The van der Waals surface area contributed by atoms with E-state index in [4.69, 9.17) is 10.5 Å². The number of aromatic nitrogens is 2. The normalized spacial score (nSPS) is 17.6. The van der Waals surface area contributed by atoms with Crippen LogP contribution < -0.4 is 5.73 Å². The van der Waals surface area contributed by atoms with Gasteiger partial charge < -0.3 is 15.0 Å². The van der Waals surface area contributed by atoms with Crippen molar-refractivity contribution in [2.75, 3.05) is 18.9 Å². The number of hydrogen-bond acceptors (Lipinski definition) is 3. The lowest BCUT2D eigenvalue weighted by molar-refractivity contribution is 0.0847. The lowest BCUT2D eigenvalue weighted by Gasteiger charge is -2.20. The third-order valence-corrected chi connectivity index (χ3v) is 3.15. The Bertz CT molecular complexity index is 378. The molecule has 0 aromatic carbocycles. The number of hydrogen-bond donors (Lipinski definition) is 1. The van der Waals surface area contributed by atoms with E-state index in [0.29, 0.717) is 5.92 Å². The summed E-state index contributed by atoms with van der Waals surface area (Å²) in [7, 11) is 0. The molecule has 1 aromatic heterocycles. The van der Waals surface area contributed by atoms with Gasteiger partial charge in [-0.05, 0) is 19.8 Å². The summed E-state index contributed by atoms with van der Waals surface area (Å²) in [5.41, 5.74) is 7.18. The molecule has 1 aliphatic heterocycles. The molecule has 0 spiro atoms. The van der Waals surface area contributed by atoms with Crippen molar-refractivity contribution in [2.45, 2.75) is 32.2 Å². The van der Waals surface area contributed by atoms with Crippen LogP contribution in [0.3, 0.4) is 0 Å². The maximum Gasteiger partial charge on any atom is 0.127 e. The average molecular weight is 221 g/mol. The van der Waals surface area contributed by atoms with E-state index in [0.717, 1.165) is 49.9 Å². The summed E-state index contributed by atoms with van der Waals surface area (Å²) in [6, 6.07) is 0. The Balaban J connectivity index is 2.26. The van der Waals surface area contributed by atoms with Crippen LogP contribution in [-0.2, 0) is 11.3 Å². The van der Waals surface area contributed by atoms with Crippen LogP contribution >= 0.6 is 0 Å². The molecule has 2 heterocycles. The molecular weight excluding hydrogens is 202 g/mol. The van der Waals surface area contributed by atoms with Crippen molar-refractivity contribution in [3.8, 4) is 0 Å². The average Bonchev–Trinajstić information content (AvgIpc) is 2.59. The molecule has 2 N–H and O–H groups in total. The minimum atomic E-state index is 0.457. The van der Waals surface area contributed by atoms with E-state index >= 15 is 0 Å². The number of anilines is 1. The van der Waals surface area contributed by atoms with Crippen molar-refractivity contribution in [3.63, 3.8) is 0 Å². The summed E-state index contributed by atoms with van der Waals surface area (Å²) in [5.74, 6) is 2.22. The van der Waals surface area contributed by atoms with Crippen LogP contribution in [-0.4, -0.2) is 22.8 Å². The highest BCUT2D eigenvalue weighted by molar-refractivity contribution is 5.41. The molecule has 0 radical (unpaired) electrons. The fourth-order valence-electron chi connectivity index (χ4n) is 2.24. The molecule has 4 nitrogen and oxygen atoms in total. The van der Waals surface area contributed by atoms with E-state index in [2.05, 4.69) is 11.6 Å². The smallest absolute Gasteiger partial charge is 0.127 e. The fourth-order valence-corrected chi connectivity index (χ4v) is 2.24. The van der Waals surface area contributed by atoms with Crippen molar-refractivity contribution >= 4 is 5.82 Å². The lowest BCUT2D eigenvalue weighted by Crippen LogP contribution is -2.16. The second kappa shape index (κ2) is 4.70. The molecule has 0 aliphatic carbocycles. The van der Waals surface area contributed by atoms with E-state index in [9.17, 15) is 0 Å². The molecule has 0 atom stereocenters. The van der Waals surface area contributed by atoms with E-state index in [1.807, 2.05) is 17.6 Å². The van der Waals surface area contributed by atoms with Gasteiger partial charge in [0.25, 0.3) is 0 Å². The van der Waals surface area contributed by atoms with E-state index in [1.54, 1.807) is 0 Å². The van der Waals surface area contributed by atoms with Gasteiger partial charge in [0, 0.05) is 25.7 Å². The van der Waals surface area contributed by atoms with Gasteiger partial charge in [-0.25, -0.2) is 4.98 Å². The summed E-state index contributed by atoms with van der Waals surface area (Å²) < 4.78 is 7.37. The fraction of sp³-hybridized carbons (Fsp3) is 0.583. The van der Waals surface area contributed by atoms with Gasteiger partial charge in [0.2, 0.25) is 0 Å². The second-order valence-electron chi connectivity index (χ2n) is 4.22. The molecule has 88 valence electrons. The number of aryl methyl sites for hydroxylation is 1. The van der Waals surface area contributed by atoms with E-state index in [-0.39, 0.29) is 0 Å². The molecule has 16 heavy (non-hydrogen) atoms. The number of rotatable bonds is 3. The molecule has 2 rings (SSSR count). The number of nitrogens with zero attached hydrogens (tertiary/aromatic N) is 2. The third kappa shape index (κ3) is 1.97.